The number of hydrogen-bond acceptors (Lipinski definition) is 4. The molecule has 0 saturated carbocycles. The predicted molar refractivity (Wildman–Crippen MR) is 90.7 cm³/mol. The number of aryl methyl sites for hydroxylation is 2. The van der Waals surface area contributed by atoms with Crippen LogP contribution in [0.15, 0.2) is 12.3 Å². The number of carbonyl (C=O) groups excluding carboxylic acids is 1. The van der Waals surface area contributed by atoms with Gasteiger partial charge >= 0.3 is 0 Å². The van der Waals surface area contributed by atoms with Crippen molar-refractivity contribution < 1.29 is 4.79 Å². The van der Waals surface area contributed by atoms with Gasteiger partial charge in [0.2, 0.25) is 5.91 Å². The first-order valence-electron chi connectivity index (χ1n) is 8.65. The Morgan fingerprint density at radius 1 is 1.33 bits per heavy atom. The normalized spacial score (nSPS) is 18.4. The first-order chi connectivity index (χ1) is 11.4. The number of amides is 1. The second-order valence-corrected chi connectivity index (χ2v) is 6.84. The minimum absolute atomic E-state index is 0.142. The van der Waals surface area contributed by atoms with Crippen LogP contribution in [0.3, 0.4) is 0 Å². The Balaban J connectivity index is 1.65. The molecular weight excluding hydrogens is 304 g/mol. The topological polar surface area (TPSA) is 68.8 Å². The van der Waals surface area contributed by atoms with Crippen LogP contribution < -0.4 is 0 Å². The van der Waals surface area contributed by atoms with Crippen LogP contribution >= 0.6 is 0 Å². The highest BCUT2D eigenvalue weighted by Gasteiger charge is 2.26. The maximum atomic E-state index is 12.6. The summed E-state index contributed by atoms with van der Waals surface area (Å²) in [6.07, 6.45) is 4.33. The van der Waals surface area contributed by atoms with Gasteiger partial charge in [-0.1, -0.05) is 0 Å². The number of piperidine rings is 1. The van der Waals surface area contributed by atoms with Gasteiger partial charge in [0.25, 0.3) is 0 Å². The average molecular weight is 330 g/mol. The van der Waals surface area contributed by atoms with E-state index in [1.54, 1.807) is 0 Å². The largest absolute Gasteiger partial charge is 0.340 e. The summed E-state index contributed by atoms with van der Waals surface area (Å²) in [5, 5.41) is 8.97. The van der Waals surface area contributed by atoms with Crippen LogP contribution in [0.1, 0.15) is 56.1 Å². The van der Waals surface area contributed by atoms with Crippen molar-refractivity contribution in [3.8, 4) is 0 Å². The number of nitrogens with zero attached hydrogens (tertiary/aromatic N) is 6. The monoisotopic (exact) mass is 330 g/mol. The van der Waals surface area contributed by atoms with Crippen molar-refractivity contribution in [2.75, 3.05) is 13.1 Å². The lowest BCUT2D eigenvalue weighted by molar-refractivity contribution is -0.132. The quantitative estimate of drug-likeness (QED) is 0.861. The van der Waals surface area contributed by atoms with Gasteiger partial charge in [0.1, 0.15) is 11.6 Å². The van der Waals surface area contributed by atoms with Gasteiger partial charge in [-0.05, 0) is 46.6 Å². The zero-order valence-electron chi connectivity index (χ0n) is 14.9. The summed E-state index contributed by atoms with van der Waals surface area (Å²) in [5.74, 6) is 1.85. The van der Waals surface area contributed by atoms with E-state index in [0.717, 1.165) is 36.7 Å². The fourth-order valence-electron chi connectivity index (χ4n) is 3.29. The Bertz CT molecular complexity index is 716. The zero-order valence-corrected chi connectivity index (χ0v) is 14.9. The third-order valence-electron chi connectivity index (χ3n) is 4.53. The van der Waals surface area contributed by atoms with E-state index in [-0.39, 0.29) is 11.9 Å². The van der Waals surface area contributed by atoms with E-state index in [2.05, 4.69) is 29.0 Å². The van der Waals surface area contributed by atoms with E-state index in [1.807, 2.05) is 40.4 Å². The van der Waals surface area contributed by atoms with E-state index in [9.17, 15) is 4.79 Å². The van der Waals surface area contributed by atoms with Crippen molar-refractivity contribution in [3.63, 3.8) is 0 Å². The van der Waals surface area contributed by atoms with Gasteiger partial charge in [-0.15, -0.1) is 0 Å². The SMILES string of the molecule is Cc1nc(C)n([C@@H]2CCCN(C(=O)Cc3ccn(C(C)C)n3)C2)n1. The molecule has 0 radical (unpaired) electrons. The Morgan fingerprint density at radius 3 is 2.75 bits per heavy atom. The first kappa shape index (κ1) is 16.7. The van der Waals surface area contributed by atoms with Crippen LogP contribution in [0.25, 0.3) is 0 Å². The Morgan fingerprint density at radius 2 is 2.12 bits per heavy atom. The van der Waals surface area contributed by atoms with Gasteiger partial charge in [0.15, 0.2) is 0 Å². The van der Waals surface area contributed by atoms with Crippen molar-refractivity contribution in [1.29, 1.82) is 0 Å². The van der Waals surface area contributed by atoms with Gasteiger partial charge in [-0.3, -0.25) is 9.48 Å². The molecule has 1 aliphatic rings. The Labute approximate surface area is 142 Å². The molecule has 130 valence electrons. The molecule has 7 nitrogen and oxygen atoms in total. The minimum atomic E-state index is 0.142. The summed E-state index contributed by atoms with van der Waals surface area (Å²) in [5.41, 5.74) is 0.837. The fraction of sp³-hybridized carbons (Fsp3) is 0.647. The number of rotatable bonds is 4. The highest BCUT2D eigenvalue weighted by Crippen LogP contribution is 2.22. The van der Waals surface area contributed by atoms with Crippen LogP contribution in [0.4, 0.5) is 0 Å². The summed E-state index contributed by atoms with van der Waals surface area (Å²) in [7, 11) is 0. The van der Waals surface area contributed by atoms with Gasteiger partial charge in [-0.25, -0.2) is 9.67 Å². The Kier molecular flexibility index (Phi) is 4.69. The first-order valence-corrected chi connectivity index (χ1v) is 8.65. The maximum absolute atomic E-state index is 12.6. The van der Waals surface area contributed by atoms with E-state index < -0.39 is 0 Å². The lowest BCUT2D eigenvalue weighted by Gasteiger charge is -2.33. The van der Waals surface area contributed by atoms with Crippen molar-refractivity contribution in [1.82, 2.24) is 29.4 Å². The van der Waals surface area contributed by atoms with Gasteiger partial charge in [-0.2, -0.15) is 10.2 Å². The van der Waals surface area contributed by atoms with Gasteiger partial charge < -0.3 is 4.90 Å². The maximum Gasteiger partial charge on any atom is 0.228 e. The highest BCUT2D eigenvalue weighted by molar-refractivity contribution is 5.78. The van der Waals surface area contributed by atoms with Crippen LogP contribution in [-0.4, -0.2) is 48.4 Å². The standard InChI is InChI=1S/C17H26N6O/c1-12(2)22-9-7-15(20-22)10-17(24)21-8-5-6-16(11-21)23-14(4)18-13(3)19-23/h7,9,12,16H,5-6,8,10-11H2,1-4H3/t16-/m1/s1. The van der Waals surface area contributed by atoms with Crippen LogP contribution in [0.5, 0.6) is 0 Å². The van der Waals surface area contributed by atoms with E-state index in [0.29, 0.717) is 19.0 Å². The van der Waals surface area contributed by atoms with E-state index >= 15 is 0 Å². The minimum Gasteiger partial charge on any atom is -0.340 e. The summed E-state index contributed by atoms with van der Waals surface area (Å²) >= 11 is 0. The van der Waals surface area contributed by atoms with Crippen molar-refractivity contribution in [3.05, 3.63) is 29.6 Å². The van der Waals surface area contributed by atoms with Crippen LogP contribution in [0, 0.1) is 13.8 Å². The van der Waals surface area contributed by atoms with Crippen molar-refractivity contribution in [2.45, 2.75) is 59.0 Å². The molecule has 0 aliphatic carbocycles. The number of likely N-dealkylation sites (tertiary alicyclic amines) is 1. The molecule has 1 amide bonds. The lowest BCUT2D eigenvalue weighted by atomic mass is 10.1. The lowest BCUT2D eigenvalue weighted by Crippen LogP contribution is -2.42. The second-order valence-electron chi connectivity index (χ2n) is 6.84. The smallest absolute Gasteiger partial charge is 0.228 e. The molecule has 0 aromatic carbocycles. The molecule has 1 aliphatic heterocycles. The predicted octanol–water partition coefficient (Wildman–Crippen LogP) is 2.08. The molecule has 1 fully saturated rings. The molecule has 0 spiro atoms. The third kappa shape index (κ3) is 3.49. The zero-order chi connectivity index (χ0) is 17.3. The van der Waals surface area contributed by atoms with Gasteiger partial charge in [0.05, 0.1) is 18.2 Å². The molecule has 3 heterocycles. The fourth-order valence-corrected chi connectivity index (χ4v) is 3.29. The average Bonchev–Trinajstić information content (AvgIpc) is 3.14. The third-order valence-corrected chi connectivity index (χ3v) is 4.53. The van der Waals surface area contributed by atoms with E-state index in [4.69, 9.17) is 0 Å². The molecule has 1 atom stereocenters. The molecule has 2 aromatic heterocycles. The number of hydrogen-bond donors (Lipinski definition) is 0. The van der Waals surface area contributed by atoms with Gasteiger partial charge in [0, 0.05) is 25.3 Å². The molecule has 0 bridgehead atoms. The number of aromatic nitrogens is 5. The molecule has 7 heteroatoms. The van der Waals surface area contributed by atoms with Crippen LogP contribution in [-0.2, 0) is 11.2 Å². The molecular formula is C17H26N6O. The highest BCUT2D eigenvalue weighted by atomic mass is 16.2. The molecule has 3 rings (SSSR count). The summed E-state index contributed by atoms with van der Waals surface area (Å²) in [6.45, 7) is 9.55. The summed E-state index contributed by atoms with van der Waals surface area (Å²) in [4.78, 5) is 19.0. The van der Waals surface area contributed by atoms with Crippen molar-refractivity contribution >= 4 is 5.91 Å². The summed E-state index contributed by atoms with van der Waals surface area (Å²) < 4.78 is 3.87. The molecule has 0 N–H and O–H groups in total. The number of carbonyl (C=O) groups is 1. The summed E-state index contributed by atoms with van der Waals surface area (Å²) in [6, 6.07) is 2.47. The Hall–Kier alpha value is -2.18. The van der Waals surface area contributed by atoms with E-state index in [1.165, 1.54) is 0 Å². The van der Waals surface area contributed by atoms with Crippen LogP contribution in [0.2, 0.25) is 0 Å². The molecule has 1 saturated heterocycles. The molecule has 2 aromatic rings. The molecule has 0 unspecified atom stereocenters. The second kappa shape index (κ2) is 6.75. The van der Waals surface area contributed by atoms with Crippen molar-refractivity contribution in [2.24, 2.45) is 0 Å². The molecule has 24 heavy (non-hydrogen) atoms.